The molecular weight excluding hydrogens is 334 g/mol. The molecule has 1 aromatic carbocycles. The molecule has 0 saturated carbocycles. The van der Waals surface area contributed by atoms with E-state index in [-0.39, 0.29) is 6.04 Å². The third kappa shape index (κ3) is 4.38. The Bertz CT molecular complexity index is 755. The van der Waals surface area contributed by atoms with Gasteiger partial charge in [0, 0.05) is 25.4 Å². The molecule has 1 N–H and O–H groups in total. The van der Waals surface area contributed by atoms with Gasteiger partial charge in [-0.3, -0.25) is 9.78 Å². The van der Waals surface area contributed by atoms with E-state index in [1.165, 1.54) is 11.1 Å². The molecule has 4 heteroatoms. The van der Waals surface area contributed by atoms with Crippen molar-refractivity contribution in [3.05, 3.63) is 65.5 Å². The fourth-order valence-electron chi connectivity index (χ4n) is 4.56. The Kier molecular flexibility index (Phi) is 5.83. The summed E-state index contributed by atoms with van der Waals surface area (Å²) in [5.74, 6) is 0.818. The number of hydrogen-bond donors (Lipinski definition) is 1. The van der Waals surface area contributed by atoms with Crippen molar-refractivity contribution in [1.29, 1.82) is 0 Å². The number of aryl methyl sites for hydroxylation is 1. The number of piperidine rings is 1. The Labute approximate surface area is 162 Å². The van der Waals surface area contributed by atoms with Crippen LogP contribution >= 0.6 is 0 Å². The first-order valence-corrected chi connectivity index (χ1v) is 10.3. The van der Waals surface area contributed by atoms with E-state index in [2.05, 4.69) is 39.5 Å². The van der Waals surface area contributed by atoms with Crippen LogP contribution in [0.4, 0.5) is 0 Å². The van der Waals surface area contributed by atoms with Crippen LogP contribution in [0, 0.1) is 5.92 Å². The van der Waals surface area contributed by atoms with Gasteiger partial charge in [-0.15, -0.1) is 0 Å². The Hall–Kier alpha value is -2.20. The summed E-state index contributed by atoms with van der Waals surface area (Å²) in [7, 11) is 0. The van der Waals surface area contributed by atoms with Gasteiger partial charge in [0.25, 0.3) is 0 Å². The average molecular weight is 364 g/mol. The smallest absolute Gasteiger partial charge is 0.223 e. The second kappa shape index (κ2) is 8.66. The summed E-state index contributed by atoms with van der Waals surface area (Å²) in [5.41, 5.74) is 3.91. The van der Waals surface area contributed by atoms with Crippen molar-refractivity contribution in [2.75, 3.05) is 13.1 Å². The van der Waals surface area contributed by atoms with Crippen LogP contribution < -0.4 is 5.32 Å². The topological polar surface area (TPSA) is 45.2 Å². The van der Waals surface area contributed by atoms with Crippen LogP contribution in [-0.2, 0) is 17.8 Å². The minimum Gasteiger partial charge on any atom is -0.331 e. The molecule has 27 heavy (non-hydrogen) atoms. The number of fused-ring (bicyclic) bond motifs is 1. The van der Waals surface area contributed by atoms with E-state index in [1.807, 2.05) is 24.5 Å². The molecular formula is C23H29N3O. The highest BCUT2D eigenvalue weighted by molar-refractivity contribution is 5.77. The summed E-state index contributed by atoms with van der Waals surface area (Å²) in [5, 5.41) is 3.40. The molecule has 1 atom stereocenters. The maximum absolute atomic E-state index is 13.4. The number of benzene rings is 1. The SMILES string of the molecule is O=C(CC1CCNCC1)N(Cc1ccncc1)[C@@H]1CCCc2ccccc21. The molecule has 1 aliphatic carbocycles. The first-order valence-electron chi connectivity index (χ1n) is 10.3. The first-order chi connectivity index (χ1) is 13.3. The third-order valence-electron chi connectivity index (χ3n) is 6.06. The Balaban J connectivity index is 1.59. The molecule has 1 amide bonds. The lowest BCUT2D eigenvalue weighted by atomic mass is 9.86. The van der Waals surface area contributed by atoms with Crippen LogP contribution in [0.2, 0.25) is 0 Å². The summed E-state index contributed by atoms with van der Waals surface area (Å²) in [6.07, 6.45) is 9.85. The molecule has 2 heterocycles. The zero-order chi connectivity index (χ0) is 18.5. The fraction of sp³-hybridized carbons (Fsp3) is 0.478. The number of pyridine rings is 1. The molecule has 0 unspecified atom stereocenters. The van der Waals surface area contributed by atoms with Crippen molar-refractivity contribution in [1.82, 2.24) is 15.2 Å². The van der Waals surface area contributed by atoms with Gasteiger partial charge in [0.2, 0.25) is 5.91 Å². The van der Waals surface area contributed by atoms with E-state index in [1.54, 1.807) is 0 Å². The number of aromatic nitrogens is 1. The lowest BCUT2D eigenvalue weighted by Crippen LogP contribution is -2.38. The number of amides is 1. The van der Waals surface area contributed by atoms with Gasteiger partial charge >= 0.3 is 0 Å². The molecule has 142 valence electrons. The molecule has 4 rings (SSSR count). The number of nitrogens with one attached hydrogen (secondary N) is 1. The number of hydrogen-bond acceptors (Lipinski definition) is 3. The van der Waals surface area contributed by atoms with Gasteiger partial charge in [-0.05, 0) is 79.9 Å². The van der Waals surface area contributed by atoms with Crippen molar-refractivity contribution in [2.24, 2.45) is 5.92 Å². The highest BCUT2D eigenvalue weighted by atomic mass is 16.2. The van der Waals surface area contributed by atoms with Gasteiger partial charge in [-0.2, -0.15) is 0 Å². The van der Waals surface area contributed by atoms with E-state index in [0.717, 1.165) is 50.8 Å². The summed E-state index contributed by atoms with van der Waals surface area (Å²) in [6, 6.07) is 12.9. The second-order valence-electron chi connectivity index (χ2n) is 7.88. The number of carbonyl (C=O) groups is 1. The summed E-state index contributed by atoms with van der Waals surface area (Å²) < 4.78 is 0. The highest BCUT2D eigenvalue weighted by Gasteiger charge is 2.30. The molecule has 0 bridgehead atoms. The van der Waals surface area contributed by atoms with E-state index >= 15 is 0 Å². The monoisotopic (exact) mass is 363 g/mol. The lowest BCUT2D eigenvalue weighted by molar-refractivity contribution is -0.136. The molecule has 1 fully saturated rings. The molecule has 2 aromatic rings. The Morgan fingerprint density at radius 3 is 2.67 bits per heavy atom. The zero-order valence-corrected chi connectivity index (χ0v) is 15.9. The van der Waals surface area contributed by atoms with Gasteiger partial charge in [0.1, 0.15) is 0 Å². The maximum Gasteiger partial charge on any atom is 0.223 e. The van der Waals surface area contributed by atoms with Gasteiger partial charge in [0.15, 0.2) is 0 Å². The van der Waals surface area contributed by atoms with Crippen LogP contribution in [0.15, 0.2) is 48.8 Å². The highest BCUT2D eigenvalue weighted by Crippen LogP contribution is 2.36. The number of rotatable bonds is 5. The number of nitrogens with zero attached hydrogens (tertiary/aromatic N) is 2. The van der Waals surface area contributed by atoms with Crippen LogP contribution in [0.25, 0.3) is 0 Å². The zero-order valence-electron chi connectivity index (χ0n) is 15.9. The molecule has 0 spiro atoms. The average Bonchev–Trinajstić information content (AvgIpc) is 2.73. The Morgan fingerprint density at radius 1 is 1.07 bits per heavy atom. The maximum atomic E-state index is 13.4. The van der Waals surface area contributed by atoms with E-state index in [4.69, 9.17) is 0 Å². The molecule has 4 nitrogen and oxygen atoms in total. The minimum atomic E-state index is 0.192. The van der Waals surface area contributed by atoms with Gasteiger partial charge in [-0.25, -0.2) is 0 Å². The second-order valence-corrected chi connectivity index (χ2v) is 7.88. The van der Waals surface area contributed by atoms with E-state index < -0.39 is 0 Å². The molecule has 1 aromatic heterocycles. The van der Waals surface area contributed by atoms with Crippen LogP contribution in [0.5, 0.6) is 0 Å². The van der Waals surface area contributed by atoms with Crippen molar-refractivity contribution in [3.63, 3.8) is 0 Å². The molecule has 2 aliphatic rings. The lowest BCUT2D eigenvalue weighted by Gasteiger charge is -2.37. The molecule has 1 aliphatic heterocycles. The summed E-state index contributed by atoms with van der Waals surface area (Å²) in [6.45, 7) is 2.74. The minimum absolute atomic E-state index is 0.192. The fourth-order valence-corrected chi connectivity index (χ4v) is 4.56. The Morgan fingerprint density at radius 2 is 1.85 bits per heavy atom. The van der Waals surface area contributed by atoms with Crippen molar-refractivity contribution < 1.29 is 4.79 Å². The van der Waals surface area contributed by atoms with Crippen LogP contribution in [-0.4, -0.2) is 28.9 Å². The predicted octanol–water partition coefficient (Wildman–Crippen LogP) is 3.88. The van der Waals surface area contributed by atoms with Crippen molar-refractivity contribution in [3.8, 4) is 0 Å². The van der Waals surface area contributed by atoms with Crippen molar-refractivity contribution >= 4 is 5.91 Å². The van der Waals surface area contributed by atoms with E-state index in [0.29, 0.717) is 24.8 Å². The summed E-state index contributed by atoms with van der Waals surface area (Å²) in [4.78, 5) is 19.7. The predicted molar refractivity (Wildman–Crippen MR) is 107 cm³/mol. The molecule has 0 radical (unpaired) electrons. The van der Waals surface area contributed by atoms with Gasteiger partial charge < -0.3 is 10.2 Å². The number of carbonyl (C=O) groups excluding carboxylic acids is 1. The van der Waals surface area contributed by atoms with Crippen LogP contribution in [0.3, 0.4) is 0 Å². The van der Waals surface area contributed by atoms with Crippen molar-refractivity contribution in [2.45, 2.75) is 51.1 Å². The van der Waals surface area contributed by atoms with Gasteiger partial charge in [0.05, 0.1) is 6.04 Å². The normalized spacial score (nSPS) is 20.1. The van der Waals surface area contributed by atoms with Crippen LogP contribution in [0.1, 0.15) is 54.8 Å². The quantitative estimate of drug-likeness (QED) is 0.877. The standard InChI is InChI=1S/C23H29N3O/c27-23(16-18-8-12-24-13-9-18)26(17-19-10-14-25-15-11-19)22-7-3-5-20-4-1-2-6-21(20)22/h1-2,4,6,10-11,14-15,18,22,24H,3,5,7-9,12-13,16-17H2/t22-/m1/s1. The van der Waals surface area contributed by atoms with Gasteiger partial charge in [-0.1, -0.05) is 24.3 Å². The molecule has 1 saturated heterocycles. The first kappa shape index (κ1) is 18.2. The largest absolute Gasteiger partial charge is 0.331 e. The summed E-state index contributed by atoms with van der Waals surface area (Å²) >= 11 is 0. The van der Waals surface area contributed by atoms with E-state index in [9.17, 15) is 4.79 Å². The third-order valence-corrected chi connectivity index (χ3v) is 6.06.